The van der Waals surface area contributed by atoms with E-state index >= 15 is 0 Å². The highest BCUT2D eigenvalue weighted by Crippen LogP contribution is 2.23. The summed E-state index contributed by atoms with van der Waals surface area (Å²) < 4.78 is 5.90. The van der Waals surface area contributed by atoms with Gasteiger partial charge in [0.25, 0.3) is 0 Å². The molecule has 0 saturated heterocycles. The Balaban J connectivity index is 2.81. The van der Waals surface area contributed by atoms with Gasteiger partial charge in [0.15, 0.2) is 0 Å². The zero-order valence-electron chi connectivity index (χ0n) is 7.53. The van der Waals surface area contributed by atoms with Crippen LogP contribution in [0.4, 0.5) is 5.69 Å². The maximum atomic E-state index is 5.16. The predicted molar refractivity (Wildman–Crippen MR) is 62.7 cm³/mol. The largest absolute Gasteiger partial charge is 0.495 e. The summed E-state index contributed by atoms with van der Waals surface area (Å²) in [4.78, 5) is 0. The molecule has 0 radical (unpaired) electrons. The molecule has 0 amide bonds. The van der Waals surface area contributed by atoms with Gasteiger partial charge in [-0.25, -0.2) is 0 Å². The molecule has 2 nitrogen and oxygen atoms in total. The van der Waals surface area contributed by atoms with E-state index in [0.717, 1.165) is 15.8 Å². The minimum absolute atomic E-state index is 0.740. The zero-order chi connectivity index (χ0) is 9.68. The Morgan fingerprint density at radius 1 is 1.46 bits per heavy atom. The smallest absolute Gasteiger partial charge is 0.142 e. The van der Waals surface area contributed by atoms with E-state index in [0.29, 0.717) is 0 Å². The number of hydrogen-bond acceptors (Lipinski definition) is 3. The molecular weight excluding hydrogens is 202 g/mol. The number of nitrogens with one attached hydrogen (secondary N) is 1. The van der Waals surface area contributed by atoms with Gasteiger partial charge in [-0.2, -0.15) is 0 Å². The summed E-state index contributed by atoms with van der Waals surface area (Å²) in [6.45, 7) is 0. The van der Waals surface area contributed by atoms with Crippen molar-refractivity contribution in [2.24, 2.45) is 0 Å². The molecule has 0 atom stereocenters. The van der Waals surface area contributed by atoms with E-state index in [2.05, 4.69) is 5.32 Å². The molecule has 0 fully saturated rings. The number of benzene rings is 1. The van der Waals surface area contributed by atoms with Crippen molar-refractivity contribution in [3.05, 3.63) is 24.3 Å². The van der Waals surface area contributed by atoms with Gasteiger partial charge in [-0.15, -0.1) is 11.8 Å². The molecule has 0 aliphatic heterocycles. The van der Waals surface area contributed by atoms with Crippen LogP contribution in [0.5, 0.6) is 5.75 Å². The first-order valence-electron chi connectivity index (χ1n) is 3.76. The Morgan fingerprint density at radius 2 is 2.15 bits per heavy atom. The van der Waals surface area contributed by atoms with Gasteiger partial charge in [0.1, 0.15) is 10.1 Å². The van der Waals surface area contributed by atoms with E-state index in [9.17, 15) is 0 Å². The van der Waals surface area contributed by atoms with Crippen LogP contribution < -0.4 is 10.1 Å². The maximum absolute atomic E-state index is 5.16. The minimum atomic E-state index is 0.740. The van der Waals surface area contributed by atoms with Crippen LogP contribution in [0.3, 0.4) is 0 Å². The number of para-hydroxylation sites is 2. The monoisotopic (exact) mass is 213 g/mol. The van der Waals surface area contributed by atoms with Gasteiger partial charge in [0.2, 0.25) is 0 Å². The van der Waals surface area contributed by atoms with E-state index in [4.69, 9.17) is 17.0 Å². The van der Waals surface area contributed by atoms with Crippen LogP contribution in [0.2, 0.25) is 0 Å². The molecule has 70 valence electrons. The molecule has 0 saturated carbocycles. The normalized spacial score (nSPS) is 9.38. The van der Waals surface area contributed by atoms with Crippen LogP contribution in [-0.2, 0) is 0 Å². The molecule has 0 bridgehead atoms. The molecule has 0 aliphatic carbocycles. The summed E-state index contributed by atoms with van der Waals surface area (Å²) in [7, 11) is 1.64. The zero-order valence-corrected chi connectivity index (χ0v) is 9.17. The third-order valence-corrected chi connectivity index (χ3v) is 2.60. The van der Waals surface area contributed by atoms with E-state index in [1.807, 2.05) is 30.5 Å². The van der Waals surface area contributed by atoms with Crippen molar-refractivity contribution in [3.63, 3.8) is 0 Å². The molecule has 13 heavy (non-hydrogen) atoms. The molecule has 1 aromatic carbocycles. The Hall–Kier alpha value is -0.740. The standard InChI is InChI=1S/C9H11NOS2/c1-11-8-6-4-3-5-7(8)10-9(12)13-2/h3-6H,1-2H3,(H,10,12). The maximum Gasteiger partial charge on any atom is 0.142 e. The van der Waals surface area contributed by atoms with E-state index in [-0.39, 0.29) is 0 Å². The number of methoxy groups -OCH3 is 1. The molecule has 0 aliphatic rings. The summed E-state index contributed by atoms with van der Waals surface area (Å²) in [6.07, 6.45) is 1.94. The van der Waals surface area contributed by atoms with E-state index < -0.39 is 0 Å². The lowest BCUT2D eigenvalue weighted by atomic mass is 10.3. The summed E-state index contributed by atoms with van der Waals surface area (Å²) in [6, 6.07) is 7.69. The predicted octanol–water partition coefficient (Wildman–Crippen LogP) is 2.76. The average Bonchev–Trinajstić information content (AvgIpc) is 2.18. The molecule has 1 rings (SSSR count). The van der Waals surface area contributed by atoms with Gasteiger partial charge >= 0.3 is 0 Å². The van der Waals surface area contributed by atoms with Gasteiger partial charge < -0.3 is 10.1 Å². The fraction of sp³-hybridized carbons (Fsp3) is 0.222. The number of rotatable bonds is 2. The number of thiocarbonyl (C=S) groups is 1. The molecule has 0 unspecified atom stereocenters. The van der Waals surface area contributed by atoms with Gasteiger partial charge in [-0.05, 0) is 18.4 Å². The Kier molecular flexibility index (Phi) is 4.05. The lowest BCUT2D eigenvalue weighted by molar-refractivity contribution is 0.417. The highest BCUT2D eigenvalue weighted by molar-refractivity contribution is 8.22. The summed E-state index contributed by atoms with van der Waals surface area (Å²) in [5.74, 6) is 0.805. The van der Waals surface area contributed by atoms with Gasteiger partial charge in [-0.3, -0.25) is 0 Å². The fourth-order valence-corrected chi connectivity index (χ4v) is 1.23. The van der Waals surface area contributed by atoms with Crippen LogP contribution in [0.15, 0.2) is 24.3 Å². The second kappa shape index (κ2) is 5.09. The van der Waals surface area contributed by atoms with Gasteiger partial charge in [0.05, 0.1) is 12.8 Å². The topological polar surface area (TPSA) is 21.3 Å². The number of ether oxygens (including phenoxy) is 1. The van der Waals surface area contributed by atoms with E-state index in [1.54, 1.807) is 7.11 Å². The molecule has 0 spiro atoms. The minimum Gasteiger partial charge on any atom is -0.495 e. The summed E-state index contributed by atoms with van der Waals surface area (Å²) in [5, 5.41) is 3.08. The Morgan fingerprint density at radius 3 is 2.77 bits per heavy atom. The van der Waals surface area contributed by atoms with Crippen molar-refractivity contribution in [3.8, 4) is 5.75 Å². The Labute approximate surface area is 87.7 Å². The first-order valence-corrected chi connectivity index (χ1v) is 5.39. The third kappa shape index (κ3) is 2.90. The quantitative estimate of drug-likeness (QED) is 0.762. The molecular formula is C9H11NOS2. The SMILES string of the molecule is COc1ccccc1NC(=S)SC. The third-order valence-electron chi connectivity index (χ3n) is 1.53. The fourth-order valence-electron chi connectivity index (χ4n) is 0.909. The molecule has 1 N–H and O–H groups in total. The highest BCUT2D eigenvalue weighted by atomic mass is 32.2. The van der Waals surface area contributed by atoms with Crippen molar-refractivity contribution < 1.29 is 4.74 Å². The Bertz CT molecular complexity index is 301. The molecule has 4 heteroatoms. The lowest BCUT2D eigenvalue weighted by Crippen LogP contribution is -2.04. The number of hydrogen-bond donors (Lipinski definition) is 1. The first-order chi connectivity index (χ1) is 6.27. The second-order valence-electron chi connectivity index (χ2n) is 2.32. The van der Waals surface area contributed by atoms with Crippen molar-refractivity contribution in [2.75, 3.05) is 18.7 Å². The van der Waals surface area contributed by atoms with Crippen LogP contribution in [0.25, 0.3) is 0 Å². The van der Waals surface area contributed by atoms with Crippen LogP contribution >= 0.6 is 24.0 Å². The number of anilines is 1. The van der Waals surface area contributed by atoms with Crippen molar-refractivity contribution in [1.29, 1.82) is 0 Å². The van der Waals surface area contributed by atoms with Crippen molar-refractivity contribution >= 4 is 34.0 Å². The van der Waals surface area contributed by atoms with Crippen LogP contribution in [0.1, 0.15) is 0 Å². The summed E-state index contributed by atoms with van der Waals surface area (Å²) in [5.41, 5.74) is 0.907. The van der Waals surface area contributed by atoms with Gasteiger partial charge in [0, 0.05) is 0 Å². The molecule has 0 aromatic heterocycles. The highest BCUT2D eigenvalue weighted by Gasteiger charge is 2.01. The average molecular weight is 213 g/mol. The van der Waals surface area contributed by atoms with Crippen LogP contribution in [-0.4, -0.2) is 17.7 Å². The van der Waals surface area contributed by atoms with Crippen molar-refractivity contribution in [1.82, 2.24) is 0 Å². The molecule has 0 heterocycles. The van der Waals surface area contributed by atoms with Gasteiger partial charge in [-0.1, -0.05) is 24.4 Å². The van der Waals surface area contributed by atoms with Crippen molar-refractivity contribution in [2.45, 2.75) is 0 Å². The van der Waals surface area contributed by atoms with Crippen LogP contribution in [0, 0.1) is 0 Å². The molecule has 1 aromatic rings. The number of thioether (sulfide) groups is 1. The first kappa shape index (κ1) is 10.3. The summed E-state index contributed by atoms with van der Waals surface area (Å²) >= 11 is 6.54. The second-order valence-corrected chi connectivity index (χ2v) is 3.80. The lowest BCUT2D eigenvalue weighted by Gasteiger charge is -2.09. The van der Waals surface area contributed by atoms with E-state index in [1.165, 1.54) is 11.8 Å².